The fourth-order valence-corrected chi connectivity index (χ4v) is 3.58. The van der Waals surface area contributed by atoms with Gasteiger partial charge in [-0.25, -0.2) is 4.79 Å². The molecule has 0 fully saturated rings. The standard InChI is InChI=1S/C16H32O4Si2/c1-12(19-21(6,7)8)14(13(2)20-22(9,10)11)15(17)18-16(3,4)5/h1H2,2-11H3/b14-13+. The monoisotopic (exact) mass is 344 g/mol. The highest BCUT2D eigenvalue weighted by Crippen LogP contribution is 2.25. The van der Waals surface area contributed by atoms with Crippen LogP contribution < -0.4 is 0 Å². The van der Waals surface area contributed by atoms with Gasteiger partial charge in [-0.3, -0.25) is 0 Å². The highest BCUT2D eigenvalue weighted by atomic mass is 28.4. The number of carbonyl (C=O) groups is 1. The number of esters is 1. The average Bonchev–Trinajstić information content (AvgIpc) is 2.06. The molecule has 0 rings (SSSR count). The van der Waals surface area contributed by atoms with Gasteiger partial charge < -0.3 is 13.6 Å². The highest BCUT2D eigenvalue weighted by molar-refractivity contribution is 6.70. The maximum atomic E-state index is 12.5. The lowest BCUT2D eigenvalue weighted by Gasteiger charge is -2.27. The summed E-state index contributed by atoms with van der Waals surface area (Å²) < 4.78 is 17.3. The zero-order chi connectivity index (χ0) is 17.9. The Morgan fingerprint density at radius 1 is 0.909 bits per heavy atom. The highest BCUT2D eigenvalue weighted by Gasteiger charge is 2.30. The van der Waals surface area contributed by atoms with E-state index in [4.69, 9.17) is 13.6 Å². The number of carbonyl (C=O) groups excluding carboxylic acids is 1. The van der Waals surface area contributed by atoms with Crippen LogP contribution in [0, 0.1) is 0 Å². The van der Waals surface area contributed by atoms with Crippen LogP contribution in [0.3, 0.4) is 0 Å². The van der Waals surface area contributed by atoms with E-state index in [0.29, 0.717) is 17.1 Å². The third-order valence-electron chi connectivity index (χ3n) is 2.12. The van der Waals surface area contributed by atoms with Gasteiger partial charge >= 0.3 is 5.97 Å². The molecule has 0 radical (unpaired) electrons. The summed E-state index contributed by atoms with van der Waals surface area (Å²) >= 11 is 0. The van der Waals surface area contributed by atoms with Crippen LogP contribution in [0.15, 0.2) is 23.7 Å². The van der Waals surface area contributed by atoms with Gasteiger partial charge in [0.1, 0.15) is 16.9 Å². The van der Waals surface area contributed by atoms with Crippen LogP contribution in [0.5, 0.6) is 0 Å². The first kappa shape index (κ1) is 21.0. The van der Waals surface area contributed by atoms with Crippen molar-refractivity contribution >= 4 is 22.6 Å². The average molecular weight is 345 g/mol. The molecule has 0 aromatic rings. The van der Waals surface area contributed by atoms with Crippen LogP contribution >= 0.6 is 0 Å². The minimum Gasteiger partial charge on any atom is -0.547 e. The normalized spacial score (nSPS) is 14.1. The Morgan fingerprint density at radius 2 is 1.32 bits per heavy atom. The molecule has 0 saturated heterocycles. The summed E-state index contributed by atoms with van der Waals surface area (Å²) in [5.41, 5.74) is -0.277. The number of ether oxygens (including phenoxy) is 1. The third-order valence-corrected chi connectivity index (χ3v) is 3.90. The summed E-state index contributed by atoms with van der Waals surface area (Å²) in [7, 11) is -3.72. The number of hydrogen-bond donors (Lipinski definition) is 0. The molecule has 0 aromatic carbocycles. The second-order valence-corrected chi connectivity index (χ2v) is 17.1. The van der Waals surface area contributed by atoms with Crippen LogP contribution in [0.25, 0.3) is 0 Å². The Labute approximate surface area is 137 Å². The van der Waals surface area contributed by atoms with Crippen molar-refractivity contribution in [3.05, 3.63) is 23.7 Å². The second-order valence-electron chi connectivity index (χ2n) is 8.29. The van der Waals surface area contributed by atoms with Gasteiger partial charge in [-0.2, -0.15) is 0 Å². The number of hydrogen-bond acceptors (Lipinski definition) is 4. The fourth-order valence-electron chi connectivity index (χ4n) is 1.71. The summed E-state index contributed by atoms with van der Waals surface area (Å²) in [6.07, 6.45) is 0. The molecule has 0 saturated carbocycles. The van der Waals surface area contributed by atoms with Crippen molar-refractivity contribution < 1.29 is 18.4 Å². The van der Waals surface area contributed by atoms with Crippen molar-refractivity contribution in [3.63, 3.8) is 0 Å². The van der Waals surface area contributed by atoms with Gasteiger partial charge in [0.05, 0.1) is 5.76 Å². The topological polar surface area (TPSA) is 44.8 Å². The molecule has 0 heterocycles. The third kappa shape index (κ3) is 9.09. The molecule has 0 aliphatic carbocycles. The molecule has 0 spiro atoms. The SMILES string of the molecule is C=C(O[Si](C)(C)C)/C(C(=O)OC(C)(C)C)=C(/C)O[Si](C)(C)C. The molecule has 0 N–H and O–H groups in total. The Hall–Kier alpha value is -1.02. The van der Waals surface area contributed by atoms with E-state index in [-0.39, 0.29) is 0 Å². The van der Waals surface area contributed by atoms with E-state index < -0.39 is 28.2 Å². The van der Waals surface area contributed by atoms with E-state index in [1.165, 1.54) is 0 Å². The van der Waals surface area contributed by atoms with Crippen LogP contribution in [0.1, 0.15) is 27.7 Å². The van der Waals surface area contributed by atoms with Gasteiger partial charge in [-0.05, 0) is 67.0 Å². The molecule has 4 nitrogen and oxygen atoms in total. The van der Waals surface area contributed by atoms with Crippen LogP contribution in [-0.2, 0) is 18.4 Å². The molecule has 0 aliphatic heterocycles. The smallest absolute Gasteiger partial charge is 0.345 e. The summed E-state index contributed by atoms with van der Waals surface area (Å²) in [5.74, 6) is 0.410. The molecule has 0 unspecified atom stereocenters. The van der Waals surface area contributed by atoms with E-state index in [9.17, 15) is 4.79 Å². The Morgan fingerprint density at radius 3 is 1.64 bits per heavy atom. The molecule has 128 valence electrons. The summed E-state index contributed by atoms with van der Waals surface area (Å²) in [5, 5.41) is 0. The van der Waals surface area contributed by atoms with Gasteiger partial charge in [0, 0.05) is 0 Å². The Kier molecular flexibility index (Phi) is 6.71. The molecule has 0 atom stereocenters. The van der Waals surface area contributed by atoms with E-state index in [1.807, 2.05) is 40.4 Å². The van der Waals surface area contributed by atoms with E-state index >= 15 is 0 Å². The molecule has 0 aromatic heterocycles. The first-order valence-electron chi connectivity index (χ1n) is 7.53. The predicted octanol–water partition coefficient (Wildman–Crippen LogP) is 4.82. The Balaban J connectivity index is 5.64. The summed E-state index contributed by atoms with van der Waals surface area (Å²) in [6, 6.07) is 0. The van der Waals surface area contributed by atoms with Crippen LogP contribution in [0.4, 0.5) is 0 Å². The Bertz CT molecular complexity index is 430. The maximum absolute atomic E-state index is 12.5. The van der Waals surface area contributed by atoms with E-state index in [0.717, 1.165) is 0 Å². The van der Waals surface area contributed by atoms with Crippen LogP contribution in [0.2, 0.25) is 39.3 Å². The molecule has 22 heavy (non-hydrogen) atoms. The molecular weight excluding hydrogens is 312 g/mol. The summed E-state index contributed by atoms with van der Waals surface area (Å²) in [6.45, 7) is 23.5. The minimum atomic E-state index is -1.88. The summed E-state index contributed by atoms with van der Waals surface area (Å²) in [4.78, 5) is 12.5. The minimum absolute atomic E-state index is 0.305. The number of rotatable bonds is 6. The molecule has 0 amide bonds. The second kappa shape index (κ2) is 7.04. The maximum Gasteiger partial charge on any atom is 0.345 e. The lowest BCUT2D eigenvalue weighted by atomic mass is 10.1. The van der Waals surface area contributed by atoms with Gasteiger partial charge in [0.15, 0.2) is 0 Å². The van der Waals surface area contributed by atoms with E-state index in [2.05, 4.69) is 26.2 Å². The van der Waals surface area contributed by atoms with Gasteiger partial charge in [-0.15, -0.1) is 0 Å². The molecular formula is C16H32O4Si2. The van der Waals surface area contributed by atoms with Crippen molar-refractivity contribution in [2.45, 2.75) is 72.6 Å². The van der Waals surface area contributed by atoms with Crippen molar-refractivity contribution in [1.29, 1.82) is 0 Å². The largest absolute Gasteiger partial charge is 0.547 e. The molecule has 0 aliphatic rings. The van der Waals surface area contributed by atoms with Gasteiger partial charge in [0.25, 0.3) is 0 Å². The van der Waals surface area contributed by atoms with E-state index in [1.54, 1.807) is 6.92 Å². The lowest BCUT2D eigenvalue weighted by Crippen LogP contribution is -2.31. The number of allylic oxidation sites excluding steroid dienone is 1. The van der Waals surface area contributed by atoms with Gasteiger partial charge in [0.2, 0.25) is 16.6 Å². The quantitative estimate of drug-likeness (QED) is 0.228. The first-order chi connectivity index (χ1) is 9.52. The zero-order valence-electron chi connectivity index (χ0n) is 15.8. The first-order valence-corrected chi connectivity index (χ1v) is 14.3. The zero-order valence-corrected chi connectivity index (χ0v) is 17.8. The molecule has 6 heteroatoms. The predicted molar refractivity (Wildman–Crippen MR) is 96.5 cm³/mol. The van der Waals surface area contributed by atoms with Crippen molar-refractivity contribution in [2.75, 3.05) is 0 Å². The molecule has 0 bridgehead atoms. The van der Waals surface area contributed by atoms with Crippen molar-refractivity contribution in [3.8, 4) is 0 Å². The van der Waals surface area contributed by atoms with Gasteiger partial charge in [-0.1, -0.05) is 6.58 Å². The lowest BCUT2D eigenvalue weighted by molar-refractivity contribution is -0.150. The fraction of sp³-hybridized carbons (Fsp3) is 0.688. The van der Waals surface area contributed by atoms with Crippen molar-refractivity contribution in [1.82, 2.24) is 0 Å². The van der Waals surface area contributed by atoms with Crippen LogP contribution in [-0.4, -0.2) is 28.2 Å². The van der Waals surface area contributed by atoms with Crippen molar-refractivity contribution in [2.24, 2.45) is 0 Å².